The van der Waals surface area contributed by atoms with Crippen LogP contribution < -0.4 is 5.73 Å². The van der Waals surface area contributed by atoms with Crippen LogP contribution in [0.4, 0.5) is 19.0 Å². The van der Waals surface area contributed by atoms with Crippen LogP contribution in [0, 0.1) is 6.92 Å². The highest BCUT2D eigenvalue weighted by atomic mass is 19.4. The summed E-state index contributed by atoms with van der Waals surface area (Å²) < 4.78 is 39.0. The molecule has 2 N–H and O–H groups in total. The van der Waals surface area contributed by atoms with Gasteiger partial charge in [0, 0.05) is 29.7 Å². The molecule has 1 saturated heterocycles. The van der Waals surface area contributed by atoms with Crippen LogP contribution in [0.15, 0.2) is 42.6 Å². The van der Waals surface area contributed by atoms with Gasteiger partial charge in [0.2, 0.25) is 5.91 Å². The van der Waals surface area contributed by atoms with Gasteiger partial charge in [-0.3, -0.25) is 14.6 Å². The molecule has 2 amide bonds. The number of benzene rings is 1. The number of nitrogens with zero attached hydrogens (tertiary/aromatic N) is 4. The van der Waals surface area contributed by atoms with Gasteiger partial charge in [0.25, 0.3) is 5.91 Å². The number of hydrogen-bond donors (Lipinski definition) is 1. The fraction of sp³-hybridized carbons (Fsp3) is 0.385. The second-order valence-electron chi connectivity index (χ2n) is 9.49. The Morgan fingerprint density at radius 1 is 1.17 bits per heavy atom. The second-order valence-corrected chi connectivity index (χ2v) is 9.49. The number of aromatic nitrogens is 2. The number of amides is 2. The molecule has 0 unspecified atom stereocenters. The molecule has 2 fully saturated rings. The van der Waals surface area contributed by atoms with Crippen molar-refractivity contribution in [2.24, 2.45) is 0 Å². The summed E-state index contributed by atoms with van der Waals surface area (Å²) in [6.45, 7) is 2.40. The quantitative estimate of drug-likeness (QED) is 0.566. The number of hydrogen-bond acceptors (Lipinski definition) is 5. The average Bonchev–Trinajstić information content (AvgIpc) is 3.68. The summed E-state index contributed by atoms with van der Waals surface area (Å²) in [5.74, 6) is -0.0938. The summed E-state index contributed by atoms with van der Waals surface area (Å²) in [4.78, 5) is 38.8. The second kappa shape index (κ2) is 9.07. The fourth-order valence-electron chi connectivity index (χ4n) is 4.70. The van der Waals surface area contributed by atoms with Crippen LogP contribution in [0.25, 0.3) is 10.9 Å². The highest BCUT2D eigenvalue weighted by Gasteiger charge is 2.42. The van der Waals surface area contributed by atoms with Crippen molar-refractivity contribution in [2.45, 2.75) is 57.4 Å². The third-order valence-electron chi connectivity index (χ3n) is 6.85. The van der Waals surface area contributed by atoms with Gasteiger partial charge in [0.15, 0.2) is 0 Å². The normalized spacial score (nSPS) is 18.5. The molecule has 36 heavy (non-hydrogen) atoms. The topological polar surface area (TPSA) is 92.4 Å². The first kappa shape index (κ1) is 24.0. The zero-order chi connectivity index (χ0) is 25.6. The average molecular weight is 498 g/mol. The predicted octanol–water partition coefficient (Wildman–Crippen LogP) is 4.34. The molecule has 2 aromatic heterocycles. The van der Waals surface area contributed by atoms with E-state index in [0.29, 0.717) is 29.9 Å². The van der Waals surface area contributed by atoms with Crippen molar-refractivity contribution in [3.05, 3.63) is 65.0 Å². The number of halogens is 3. The zero-order valence-corrected chi connectivity index (χ0v) is 19.8. The van der Waals surface area contributed by atoms with Crippen molar-refractivity contribution >= 4 is 28.5 Å². The van der Waals surface area contributed by atoms with Gasteiger partial charge >= 0.3 is 6.18 Å². The molecule has 188 valence electrons. The Balaban J connectivity index is 1.49. The lowest BCUT2D eigenvalue weighted by Gasteiger charge is -2.38. The Hall–Kier alpha value is -3.69. The molecular weight excluding hydrogens is 471 g/mol. The Bertz CT molecular complexity index is 1320. The minimum absolute atomic E-state index is 0.0804. The fourth-order valence-corrected chi connectivity index (χ4v) is 4.70. The van der Waals surface area contributed by atoms with Gasteiger partial charge in [-0.1, -0.05) is 0 Å². The lowest BCUT2D eigenvalue weighted by Crippen LogP contribution is -2.54. The third kappa shape index (κ3) is 4.72. The van der Waals surface area contributed by atoms with E-state index >= 15 is 0 Å². The molecule has 5 rings (SSSR count). The van der Waals surface area contributed by atoms with E-state index in [2.05, 4.69) is 9.97 Å². The van der Waals surface area contributed by atoms with Crippen molar-refractivity contribution in [3.63, 3.8) is 0 Å². The van der Waals surface area contributed by atoms with Gasteiger partial charge in [-0.2, -0.15) is 13.2 Å². The molecule has 2 aliphatic rings. The van der Waals surface area contributed by atoms with E-state index in [4.69, 9.17) is 5.73 Å². The molecule has 0 bridgehead atoms. The SMILES string of the molecule is Cc1cc2cc(C(=O)N(Cc3ccc(C(F)(F)F)cn3)[C@@H]3CCCN(C4CC4)C3=O)ccc2nc1N. The maximum atomic E-state index is 13.8. The van der Waals surface area contributed by atoms with Gasteiger partial charge < -0.3 is 15.5 Å². The minimum Gasteiger partial charge on any atom is -0.383 e. The number of rotatable bonds is 5. The molecule has 3 heterocycles. The number of likely N-dealkylation sites (tertiary alicyclic amines) is 1. The molecule has 0 radical (unpaired) electrons. The van der Waals surface area contributed by atoms with Crippen molar-refractivity contribution in [1.29, 1.82) is 0 Å². The molecule has 3 aromatic rings. The predicted molar refractivity (Wildman–Crippen MR) is 128 cm³/mol. The molecule has 7 nitrogen and oxygen atoms in total. The molecule has 0 spiro atoms. The number of carbonyl (C=O) groups is 2. The molecule has 1 aliphatic heterocycles. The third-order valence-corrected chi connectivity index (χ3v) is 6.85. The molecule has 1 aliphatic carbocycles. The van der Waals surface area contributed by atoms with Crippen LogP contribution in [0.1, 0.15) is 52.9 Å². The summed E-state index contributed by atoms with van der Waals surface area (Å²) in [5, 5.41) is 0.731. The van der Waals surface area contributed by atoms with E-state index in [0.717, 1.165) is 42.5 Å². The van der Waals surface area contributed by atoms with E-state index < -0.39 is 17.8 Å². The first-order valence-electron chi connectivity index (χ1n) is 11.9. The summed E-state index contributed by atoms with van der Waals surface area (Å²) in [5.41, 5.74) is 7.09. The Morgan fingerprint density at radius 2 is 1.94 bits per heavy atom. The van der Waals surface area contributed by atoms with Crippen LogP contribution in [0.2, 0.25) is 0 Å². The molecule has 1 saturated carbocycles. The standard InChI is InChI=1S/C26H26F3N5O2/c1-15-11-17-12-16(4-9-21(17)32-23(15)30)24(35)34(14-19-6-5-18(13-31-19)26(27,28)29)22-3-2-10-33(25(22)36)20-7-8-20/h4-6,9,11-13,20,22H,2-3,7-8,10,14H2,1H3,(H2,30,32)/t22-/m1/s1. The monoisotopic (exact) mass is 497 g/mol. The van der Waals surface area contributed by atoms with Gasteiger partial charge in [-0.25, -0.2) is 4.98 Å². The van der Waals surface area contributed by atoms with Gasteiger partial charge in [-0.05, 0) is 74.6 Å². The molecule has 1 aromatic carbocycles. The Kier molecular flexibility index (Phi) is 6.05. The highest BCUT2D eigenvalue weighted by Crippen LogP contribution is 2.33. The number of piperidine rings is 1. The summed E-state index contributed by atoms with van der Waals surface area (Å²) in [6, 6.07) is 8.58. The largest absolute Gasteiger partial charge is 0.417 e. The van der Waals surface area contributed by atoms with Crippen molar-refractivity contribution in [3.8, 4) is 0 Å². The lowest BCUT2D eigenvalue weighted by atomic mass is 10.0. The number of carbonyl (C=O) groups excluding carboxylic acids is 2. The number of nitrogens with two attached hydrogens (primary N) is 1. The van der Waals surface area contributed by atoms with E-state index in [1.165, 1.54) is 11.0 Å². The number of fused-ring (bicyclic) bond motifs is 1. The number of nitrogen functional groups attached to an aromatic ring is 1. The van der Waals surface area contributed by atoms with Crippen molar-refractivity contribution in [2.75, 3.05) is 12.3 Å². The van der Waals surface area contributed by atoms with Crippen LogP contribution in [0.5, 0.6) is 0 Å². The van der Waals surface area contributed by atoms with Crippen molar-refractivity contribution in [1.82, 2.24) is 19.8 Å². The van der Waals surface area contributed by atoms with E-state index in [9.17, 15) is 22.8 Å². The summed E-state index contributed by atoms with van der Waals surface area (Å²) >= 11 is 0. The molecule has 10 heteroatoms. The van der Waals surface area contributed by atoms with Gasteiger partial charge in [-0.15, -0.1) is 0 Å². The number of anilines is 1. The number of aryl methyl sites for hydroxylation is 1. The minimum atomic E-state index is -4.51. The Morgan fingerprint density at radius 3 is 2.61 bits per heavy atom. The first-order valence-corrected chi connectivity index (χ1v) is 11.9. The van der Waals surface area contributed by atoms with E-state index in [1.54, 1.807) is 18.2 Å². The van der Waals surface area contributed by atoms with Gasteiger partial charge in [0.05, 0.1) is 23.3 Å². The summed E-state index contributed by atoms with van der Waals surface area (Å²) in [6.07, 6.45) is -0.617. The molecule has 1 atom stereocenters. The first-order chi connectivity index (χ1) is 17.1. The lowest BCUT2D eigenvalue weighted by molar-refractivity contribution is -0.140. The van der Waals surface area contributed by atoms with Gasteiger partial charge in [0.1, 0.15) is 11.9 Å². The van der Waals surface area contributed by atoms with E-state index in [1.807, 2.05) is 17.9 Å². The van der Waals surface area contributed by atoms with Crippen LogP contribution in [0.3, 0.4) is 0 Å². The van der Waals surface area contributed by atoms with Crippen LogP contribution >= 0.6 is 0 Å². The van der Waals surface area contributed by atoms with Crippen molar-refractivity contribution < 1.29 is 22.8 Å². The Labute approximate surface area is 206 Å². The van der Waals surface area contributed by atoms with Crippen LogP contribution in [-0.2, 0) is 17.5 Å². The summed E-state index contributed by atoms with van der Waals surface area (Å²) in [7, 11) is 0. The smallest absolute Gasteiger partial charge is 0.383 e. The van der Waals surface area contributed by atoms with Crippen LogP contribution in [-0.4, -0.2) is 50.2 Å². The maximum Gasteiger partial charge on any atom is 0.417 e. The zero-order valence-electron chi connectivity index (χ0n) is 19.8. The highest BCUT2D eigenvalue weighted by molar-refractivity contribution is 6.00. The molecular formula is C26H26F3N5O2. The number of alkyl halides is 3. The number of pyridine rings is 2. The van der Waals surface area contributed by atoms with E-state index in [-0.39, 0.29) is 30.1 Å². The maximum absolute atomic E-state index is 13.8.